The molecule has 0 N–H and O–H groups in total. The van der Waals surface area contributed by atoms with E-state index in [1.54, 1.807) is 46.8 Å². The molecule has 0 aliphatic carbocycles. The van der Waals surface area contributed by atoms with E-state index in [-0.39, 0.29) is 24.5 Å². The summed E-state index contributed by atoms with van der Waals surface area (Å²) in [6, 6.07) is 21.9. The lowest BCUT2D eigenvalue weighted by molar-refractivity contribution is 0.0338. The van der Waals surface area contributed by atoms with Crippen molar-refractivity contribution >= 4 is 16.1 Å². The molecule has 0 spiro atoms. The lowest BCUT2D eigenvalue weighted by Gasteiger charge is -2.24. The SMILES string of the molecule is CO[C@H]1CN(C(=O)OCc2ccccc2)C[C@@H]1Oc1cccc(CS(=O)(=O)N2CCCC2c2ccccn2)c1. The van der Waals surface area contributed by atoms with Crippen LogP contribution in [0.5, 0.6) is 5.75 Å². The van der Waals surface area contributed by atoms with Gasteiger partial charge in [-0.1, -0.05) is 48.5 Å². The quantitative estimate of drug-likeness (QED) is 0.394. The molecule has 1 unspecified atom stereocenters. The maximum atomic E-state index is 13.4. The Bertz CT molecular complexity index is 1360. The summed E-state index contributed by atoms with van der Waals surface area (Å²) in [5.74, 6) is 0.390. The summed E-state index contributed by atoms with van der Waals surface area (Å²) >= 11 is 0. The van der Waals surface area contributed by atoms with Gasteiger partial charge in [-0.2, -0.15) is 4.31 Å². The third-order valence-electron chi connectivity index (χ3n) is 7.11. The van der Waals surface area contributed by atoms with Gasteiger partial charge in [0.1, 0.15) is 24.6 Å². The minimum atomic E-state index is -3.58. The smallest absolute Gasteiger partial charge is 0.410 e. The van der Waals surface area contributed by atoms with Gasteiger partial charge < -0.3 is 19.1 Å². The van der Waals surface area contributed by atoms with Crippen LogP contribution in [0, 0.1) is 0 Å². The van der Waals surface area contributed by atoms with E-state index in [1.807, 2.05) is 48.5 Å². The molecule has 2 saturated heterocycles. The predicted molar refractivity (Wildman–Crippen MR) is 145 cm³/mol. The van der Waals surface area contributed by atoms with Crippen molar-refractivity contribution in [3.63, 3.8) is 0 Å². The molecule has 3 aromatic rings. The van der Waals surface area contributed by atoms with Crippen molar-refractivity contribution in [2.45, 2.75) is 43.5 Å². The molecular weight excluding hydrogens is 518 g/mol. The fourth-order valence-electron chi connectivity index (χ4n) is 5.16. The highest BCUT2D eigenvalue weighted by atomic mass is 32.2. The summed E-state index contributed by atoms with van der Waals surface area (Å²) in [6.07, 6.45) is 2.06. The van der Waals surface area contributed by atoms with Crippen molar-refractivity contribution in [2.24, 2.45) is 0 Å². The average molecular weight is 552 g/mol. The number of sulfonamides is 1. The van der Waals surface area contributed by atoms with Crippen LogP contribution in [0.3, 0.4) is 0 Å². The first-order valence-corrected chi connectivity index (χ1v) is 14.7. The molecule has 5 rings (SSSR count). The van der Waals surface area contributed by atoms with Gasteiger partial charge in [-0.25, -0.2) is 13.2 Å². The number of ether oxygens (including phenoxy) is 3. The second kappa shape index (κ2) is 12.1. The largest absolute Gasteiger partial charge is 0.486 e. The highest BCUT2D eigenvalue weighted by Crippen LogP contribution is 2.34. The molecule has 1 amide bonds. The summed E-state index contributed by atoms with van der Waals surface area (Å²) < 4.78 is 45.6. The van der Waals surface area contributed by atoms with Crippen molar-refractivity contribution in [2.75, 3.05) is 26.7 Å². The van der Waals surface area contributed by atoms with E-state index in [9.17, 15) is 13.2 Å². The minimum absolute atomic E-state index is 0.135. The molecule has 9 nitrogen and oxygen atoms in total. The van der Waals surface area contributed by atoms with Gasteiger partial charge in [0.2, 0.25) is 10.0 Å². The zero-order valence-corrected chi connectivity index (χ0v) is 22.7. The van der Waals surface area contributed by atoms with E-state index in [0.29, 0.717) is 30.9 Å². The predicted octanol–water partition coefficient (Wildman–Crippen LogP) is 4.16. The van der Waals surface area contributed by atoms with Gasteiger partial charge in [0.05, 0.1) is 30.6 Å². The van der Waals surface area contributed by atoms with Gasteiger partial charge in [-0.05, 0) is 48.2 Å². The summed E-state index contributed by atoms with van der Waals surface area (Å²) in [4.78, 5) is 18.6. The Kier molecular flexibility index (Phi) is 8.44. The number of carbonyl (C=O) groups excluding carboxylic acids is 1. The molecule has 2 aliphatic heterocycles. The molecule has 206 valence electrons. The summed E-state index contributed by atoms with van der Waals surface area (Å²) in [6.45, 7) is 1.31. The zero-order valence-electron chi connectivity index (χ0n) is 21.9. The average Bonchev–Trinajstić information content (AvgIpc) is 3.61. The topological polar surface area (TPSA) is 98.3 Å². The molecule has 1 aromatic heterocycles. The Morgan fingerprint density at radius 1 is 0.974 bits per heavy atom. The number of rotatable bonds is 9. The highest BCUT2D eigenvalue weighted by molar-refractivity contribution is 7.88. The fourth-order valence-corrected chi connectivity index (χ4v) is 6.94. The first-order valence-electron chi connectivity index (χ1n) is 13.1. The fraction of sp³-hybridized carbons (Fsp3) is 0.379. The third kappa shape index (κ3) is 6.58. The number of benzene rings is 2. The Balaban J connectivity index is 1.21. The molecular formula is C29H33N3O6S. The maximum absolute atomic E-state index is 13.4. The summed E-state index contributed by atoms with van der Waals surface area (Å²) in [7, 11) is -2.00. The minimum Gasteiger partial charge on any atom is -0.486 e. The number of amides is 1. The Morgan fingerprint density at radius 3 is 2.51 bits per heavy atom. The van der Waals surface area contributed by atoms with Crippen LogP contribution in [0.4, 0.5) is 4.79 Å². The van der Waals surface area contributed by atoms with Gasteiger partial charge >= 0.3 is 6.09 Å². The summed E-state index contributed by atoms with van der Waals surface area (Å²) in [5, 5.41) is 0. The van der Waals surface area contributed by atoms with Crippen molar-refractivity contribution in [3.05, 3.63) is 95.8 Å². The van der Waals surface area contributed by atoms with Crippen LogP contribution in [0.2, 0.25) is 0 Å². The molecule has 2 fully saturated rings. The molecule has 0 radical (unpaired) electrons. The number of nitrogens with zero attached hydrogens (tertiary/aromatic N) is 3. The van der Waals surface area contributed by atoms with Crippen LogP contribution in [0.15, 0.2) is 79.0 Å². The molecule has 2 aliphatic rings. The normalized spacial score (nSPS) is 21.7. The van der Waals surface area contributed by atoms with Crippen LogP contribution in [0.25, 0.3) is 0 Å². The number of pyridine rings is 1. The van der Waals surface area contributed by atoms with Gasteiger partial charge in [0, 0.05) is 19.9 Å². The molecule has 10 heteroatoms. The second-order valence-corrected chi connectivity index (χ2v) is 11.7. The number of carbonyl (C=O) groups is 1. The molecule has 3 atom stereocenters. The van der Waals surface area contributed by atoms with E-state index in [1.165, 1.54) is 0 Å². The first-order chi connectivity index (χ1) is 18.9. The van der Waals surface area contributed by atoms with Gasteiger partial charge in [-0.3, -0.25) is 4.98 Å². The van der Waals surface area contributed by atoms with Gasteiger partial charge in [0.25, 0.3) is 0 Å². The van der Waals surface area contributed by atoms with E-state index in [2.05, 4.69) is 4.98 Å². The second-order valence-electron chi connectivity index (χ2n) is 9.80. The van der Waals surface area contributed by atoms with E-state index < -0.39 is 22.2 Å². The Labute approximate surface area is 229 Å². The van der Waals surface area contributed by atoms with Crippen molar-refractivity contribution in [1.82, 2.24) is 14.2 Å². The Morgan fingerprint density at radius 2 is 1.74 bits per heavy atom. The standard InChI is InChI=1S/C29H33N3O6S/c1-36-27-18-31(29(33)37-20-22-9-3-2-4-10-22)19-28(27)38-24-12-7-11-23(17-24)21-39(34,35)32-16-8-14-26(32)25-13-5-6-15-30-25/h2-7,9-13,15,17,26-28H,8,14,16,18-21H2,1H3/t26?,27-,28-/m0/s1. The Hall–Kier alpha value is -3.47. The highest BCUT2D eigenvalue weighted by Gasteiger charge is 2.38. The first kappa shape index (κ1) is 27.1. The van der Waals surface area contributed by atoms with Crippen LogP contribution in [-0.2, 0) is 31.9 Å². The van der Waals surface area contributed by atoms with E-state index in [4.69, 9.17) is 14.2 Å². The zero-order chi connectivity index (χ0) is 27.2. The van der Waals surface area contributed by atoms with E-state index >= 15 is 0 Å². The monoisotopic (exact) mass is 551 g/mol. The number of aromatic nitrogens is 1. The maximum Gasteiger partial charge on any atom is 0.410 e. The molecule has 0 saturated carbocycles. The van der Waals surface area contributed by atoms with Crippen molar-refractivity contribution in [1.29, 1.82) is 0 Å². The number of likely N-dealkylation sites (tertiary alicyclic amines) is 1. The molecule has 3 heterocycles. The molecule has 0 bridgehead atoms. The van der Waals surface area contributed by atoms with Crippen LogP contribution >= 0.6 is 0 Å². The van der Waals surface area contributed by atoms with Crippen LogP contribution in [0.1, 0.15) is 35.7 Å². The van der Waals surface area contributed by atoms with Crippen molar-refractivity contribution < 1.29 is 27.4 Å². The van der Waals surface area contributed by atoms with Crippen LogP contribution in [-0.4, -0.2) is 67.7 Å². The van der Waals surface area contributed by atoms with Crippen molar-refractivity contribution in [3.8, 4) is 5.75 Å². The third-order valence-corrected chi connectivity index (χ3v) is 8.96. The lowest BCUT2D eigenvalue weighted by Crippen LogP contribution is -2.32. The van der Waals surface area contributed by atoms with Crippen LogP contribution < -0.4 is 4.74 Å². The van der Waals surface area contributed by atoms with Gasteiger partial charge in [-0.15, -0.1) is 0 Å². The molecule has 2 aromatic carbocycles. The number of hydrogen-bond acceptors (Lipinski definition) is 7. The summed E-state index contributed by atoms with van der Waals surface area (Å²) in [5.41, 5.74) is 2.31. The van der Waals surface area contributed by atoms with E-state index in [0.717, 1.165) is 24.1 Å². The number of methoxy groups -OCH3 is 1. The van der Waals surface area contributed by atoms with Gasteiger partial charge in [0.15, 0.2) is 0 Å². The lowest BCUT2D eigenvalue weighted by atomic mass is 10.1. The molecule has 39 heavy (non-hydrogen) atoms. The number of hydrogen-bond donors (Lipinski definition) is 0.